The van der Waals surface area contributed by atoms with Crippen LogP contribution >= 0.6 is 0 Å². The first kappa shape index (κ1) is 17.4. The standard InChI is InChI=1S/C21H22N4O/c1-25(18-5-3-2-4-6-18)14-15-7-10-17(11-8-15)24-21(26)16-9-12-19(22)20(23)13-16/h2-13H,14,22-23H2,1H3,(H,24,26). The molecule has 0 unspecified atom stereocenters. The molecular formula is C21H22N4O. The lowest BCUT2D eigenvalue weighted by Gasteiger charge is -2.19. The lowest BCUT2D eigenvalue weighted by atomic mass is 10.1. The Balaban J connectivity index is 1.64. The first-order chi connectivity index (χ1) is 12.5. The van der Waals surface area contributed by atoms with Crippen LogP contribution in [0, 0.1) is 0 Å². The van der Waals surface area contributed by atoms with E-state index in [0.717, 1.165) is 23.5 Å². The number of nitrogens with two attached hydrogens (primary N) is 2. The Morgan fingerprint density at radius 2 is 1.62 bits per heavy atom. The van der Waals surface area contributed by atoms with Crippen LogP contribution in [0.4, 0.5) is 22.7 Å². The molecule has 0 aliphatic rings. The van der Waals surface area contributed by atoms with Crippen LogP contribution in [0.1, 0.15) is 15.9 Å². The number of amides is 1. The fourth-order valence-corrected chi connectivity index (χ4v) is 2.66. The van der Waals surface area contributed by atoms with Gasteiger partial charge in [-0.3, -0.25) is 4.79 Å². The van der Waals surface area contributed by atoms with Crippen molar-refractivity contribution in [1.82, 2.24) is 0 Å². The minimum atomic E-state index is -0.217. The summed E-state index contributed by atoms with van der Waals surface area (Å²) in [6.45, 7) is 0.784. The number of hydrogen-bond donors (Lipinski definition) is 3. The molecule has 132 valence electrons. The molecule has 0 saturated heterocycles. The summed E-state index contributed by atoms with van der Waals surface area (Å²) >= 11 is 0. The molecule has 0 heterocycles. The molecule has 5 nitrogen and oxygen atoms in total. The Labute approximate surface area is 153 Å². The Bertz CT molecular complexity index is 892. The van der Waals surface area contributed by atoms with Gasteiger partial charge in [0.05, 0.1) is 11.4 Å². The summed E-state index contributed by atoms with van der Waals surface area (Å²) in [6, 6.07) is 22.9. The maximum absolute atomic E-state index is 12.3. The number of rotatable bonds is 5. The fraction of sp³-hybridized carbons (Fsp3) is 0.0952. The van der Waals surface area contributed by atoms with Crippen LogP contribution in [0.3, 0.4) is 0 Å². The topological polar surface area (TPSA) is 84.4 Å². The summed E-state index contributed by atoms with van der Waals surface area (Å²) in [5.74, 6) is -0.217. The van der Waals surface area contributed by atoms with Gasteiger partial charge in [0.2, 0.25) is 0 Å². The second-order valence-corrected chi connectivity index (χ2v) is 6.19. The average molecular weight is 346 g/mol. The molecular weight excluding hydrogens is 324 g/mol. The minimum Gasteiger partial charge on any atom is -0.397 e. The maximum atomic E-state index is 12.3. The molecule has 1 amide bonds. The molecule has 3 rings (SSSR count). The summed E-state index contributed by atoms with van der Waals surface area (Å²) in [7, 11) is 2.05. The summed E-state index contributed by atoms with van der Waals surface area (Å²) in [6.07, 6.45) is 0. The van der Waals surface area contributed by atoms with Crippen molar-refractivity contribution in [2.75, 3.05) is 28.7 Å². The molecule has 0 radical (unpaired) electrons. The van der Waals surface area contributed by atoms with Crippen LogP contribution in [-0.4, -0.2) is 13.0 Å². The van der Waals surface area contributed by atoms with Crippen LogP contribution in [0.5, 0.6) is 0 Å². The maximum Gasteiger partial charge on any atom is 0.255 e. The first-order valence-corrected chi connectivity index (χ1v) is 8.34. The van der Waals surface area contributed by atoms with Crippen LogP contribution in [0.25, 0.3) is 0 Å². The van der Waals surface area contributed by atoms with Gasteiger partial charge < -0.3 is 21.7 Å². The van der Waals surface area contributed by atoms with E-state index in [4.69, 9.17) is 11.5 Å². The van der Waals surface area contributed by atoms with E-state index >= 15 is 0 Å². The van der Waals surface area contributed by atoms with Gasteiger partial charge >= 0.3 is 0 Å². The van der Waals surface area contributed by atoms with Gasteiger partial charge in [0, 0.05) is 30.5 Å². The number of hydrogen-bond acceptors (Lipinski definition) is 4. The van der Waals surface area contributed by atoms with Crippen molar-refractivity contribution in [2.45, 2.75) is 6.54 Å². The van der Waals surface area contributed by atoms with Crippen molar-refractivity contribution in [3.05, 3.63) is 83.9 Å². The molecule has 0 atom stereocenters. The van der Waals surface area contributed by atoms with Gasteiger partial charge in [-0.2, -0.15) is 0 Å². The van der Waals surface area contributed by atoms with E-state index in [-0.39, 0.29) is 5.91 Å². The van der Waals surface area contributed by atoms with Gasteiger partial charge in [-0.25, -0.2) is 0 Å². The molecule has 0 bridgehead atoms. The normalized spacial score (nSPS) is 10.3. The molecule has 3 aromatic carbocycles. The number of carbonyl (C=O) groups is 1. The molecule has 0 saturated carbocycles. The summed E-state index contributed by atoms with van der Waals surface area (Å²) in [5.41, 5.74) is 15.8. The van der Waals surface area contributed by atoms with Gasteiger partial charge in [-0.05, 0) is 48.0 Å². The van der Waals surface area contributed by atoms with Crippen molar-refractivity contribution < 1.29 is 4.79 Å². The average Bonchev–Trinajstić information content (AvgIpc) is 2.66. The highest BCUT2D eigenvalue weighted by molar-refractivity contribution is 6.05. The van der Waals surface area contributed by atoms with Crippen LogP contribution in [0.2, 0.25) is 0 Å². The molecule has 5 N–H and O–H groups in total. The van der Waals surface area contributed by atoms with Gasteiger partial charge in [-0.15, -0.1) is 0 Å². The molecule has 0 aliphatic heterocycles. The van der Waals surface area contributed by atoms with Gasteiger partial charge in [-0.1, -0.05) is 30.3 Å². The summed E-state index contributed by atoms with van der Waals surface area (Å²) in [4.78, 5) is 14.5. The first-order valence-electron chi connectivity index (χ1n) is 8.34. The number of para-hydroxylation sites is 1. The van der Waals surface area contributed by atoms with E-state index < -0.39 is 0 Å². The third kappa shape index (κ3) is 4.13. The van der Waals surface area contributed by atoms with Crippen molar-refractivity contribution in [2.24, 2.45) is 0 Å². The van der Waals surface area contributed by atoms with E-state index in [1.54, 1.807) is 18.2 Å². The predicted octanol–water partition coefficient (Wildman–Crippen LogP) is 3.74. The highest BCUT2D eigenvalue weighted by atomic mass is 16.1. The van der Waals surface area contributed by atoms with Gasteiger partial charge in [0.25, 0.3) is 5.91 Å². The van der Waals surface area contributed by atoms with E-state index in [1.807, 2.05) is 42.5 Å². The highest BCUT2D eigenvalue weighted by Crippen LogP contribution is 2.19. The van der Waals surface area contributed by atoms with E-state index in [2.05, 4.69) is 29.4 Å². The van der Waals surface area contributed by atoms with Crippen molar-refractivity contribution in [1.29, 1.82) is 0 Å². The minimum absolute atomic E-state index is 0.217. The van der Waals surface area contributed by atoms with E-state index in [0.29, 0.717) is 16.9 Å². The predicted molar refractivity (Wildman–Crippen MR) is 108 cm³/mol. The zero-order valence-corrected chi connectivity index (χ0v) is 14.6. The van der Waals surface area contributed by atoms with Crippen LogP contribution in [-0.2, 0) is 6.54 Å². The Morgan fingerprint density at radius 3 is 2.27 bits per heavy atom. The molecule has 0 fully saturated rings. The van der Waals surface area contributed by atoms with Gasteiger partial charge in [0.15, 0.2) is 0 Å². The number of carbonyl (C=O) groups excluding carboxylic acids is 1. The third-order valence-electron chi connectivity index (χ3n) is 4.18. The molecule has 0 aromatic heterocycles. The summed E-state index contributed by atoms with van der Waals surface area (Å²) in [5, 5.41) is 2.87. The Hall–Kier alpha value is -3.47. The number of anilines is 4. The quantitative estimate of drug-likeness (QED) is 0.615. The fourth-order valence-electron chi connectivity index (χ4n) is 2.66. The van der Waals surface area contributed by atoms with Crippen LogP contribution in [0.15, 0.2) is 72.8 Å². The second kappa shape index (κ2) is 7.61. The molecule has 3 aromatic rings. The van der Waals surface area contributed by atoms with Crippen molar-refractivity contribution in [3.8, 4) is 0 Å². The number of benzene rings is 3. The van der Waals surface area contributed by atoms with E-state index in [1.165, 1.54) is 0 Å². The van der Waals surface area contributed by atoms with Crippen molar-refractivity contribution in [3.63, 3.8) is 0 Å². The van der Waals surface area contributed by atoms with Crippen LogP contribution < -0.4 is 21.7 Å². The molecule has 5 heteroatoms. The van der Waals surface area contributed by atoms with E-state index in [9.17, 15) is 4.79 Å². The molecule has 26 heavy (non-hydrogen) atoms. The monoisotopic (exact) mass is 346 g/mol. The smallest absolute Gasteiger partial charge is 0.255 e. The summed E-state index contributed by atoms with van der Waals surface area (Å²) < 4.78 is 0. The number of nitrogen functional groups attached to an aromatic ring is 2. The Morgan fingerprint density at radius 1 is 0.923 bits per heavy atom. The van der Waals surface area contributed by atoms with Gasteiger partial charge in [0.1, 0.15) is 0 Å². The van der Waals surface area contributed by atoms with Crippen molar-refractivity contribution >= 4 is 28.7 Å². The SMILES string of the molecule is CN(Cc1ccc(NC(=O)c2ccc(N)c(N)c2)cc1)c1ccccc1. The Kier molecular flexibility index (Phi) is 5.08. The lowest BCUT2D eigenvalue weighted by Crippen LogP contribution is -2.16. The third-order valence-corrected chi connectivity index (χ3v) is 4.18. The largest absolute Gasteiger partial charge is 0.397 e. The lowest BCUT2D eigenvalue weighted by molar-refractivity contribution is 0.102. The highest BCUT2D eigenvalue weighted by Gasteiger charge is 2.08. The second-order valence-electron chi connectivity index (χ2n) is 6.19. The number of nitrogens with one attached hydrogen (secondary N) is 1. The zero-order chi connectivity index (χ0) is 18.5. The zero-order valence-electron chi connectivity index (χ0n) is 14.6. The number of nitrogens with zero attached hydrogens (tertiary/aromatic N) is 1. The molecule has 0 spiro atoms. The molecule has 0 aliphatic carbocycles.